The summed E-state index contributed by atoms with van der Waals surface area (Å²) in [4.78, 5) is 11.9. The number of benzene rings is 1. The third-order valence-electron chi connectivity index (χ3n) is 2.33. The second-order valence-corrected chi connectivity index (χ2v) is 4.43. The largest absolute Gasteiger partial charge is 0.348 e. The van der Waals surface area contributed by atoms with Crippen LogP contribution in [-0.4, -0.2) is 16.1 Å². The molecule has 1 N–H and O–H groups in total. The maximum atomic E-state index is 12.7. The van der Waals surface area contributed by atoms with Crippen molar-refractivity contribution in [2.24, 2.45) is 0 Å². The van der Waals surface area contributed by atoms with Gasteiger partial charge < -0.3 is 5.32 Å². The molecule has 4 nitrogen and oxygen atoms in total. The highest BCUT2D eigenvalue weighted by Crippen LogP contribution is 2.15. The van der Waals surface area contributed by atoms with Crippen LogP contribution < -0.4 is 5.32 Å². The summed E-state index contributed by atoms with van der Waals surface area (Å²) in [6.45, 7) is 0.245. The lowest BCUT2D eigenvalue weighted by molar-refractivity contribution is 0.0950. The Morgan fingerprint density at radius 2 is 1.89 bits per heavy atom. The maximum Gasteiger partial charge on any atom is 0.254 e. The first-order valence-electron chi connectivity index (χ1n) is 5.27. The van der Waals surface area contributed by atoms with Gasteiger partial charge in [-0.25, -0.2) is 4.39 Å². The zero-order chi connectivity index (χ0) is 13.8. The van der Waals surface area contributed by atoms with E-state index < -0.39 is 5.91 Å². The van der Waals surface area contributed by atoms with Gasteiger partial charge in [-0.1, -0.05) is 35.3 Å². The van der Waals surface area contributed by atoms with E-state index in [9.17, 15) is 9.18 Å². The molecule has 0 spiro atoms. The Labute approximate surface area is 118 Å². The molecule has 0 fully saturated rings. The maximum absolute atomic E-state index is 12.7. The van der Waals surface area contributed by atoms with Gasteiger partial charge in [0.15, 0.2) is 10.3 Å². The van der Waals surface area contributed by atoms with Crippen molar-refractivity contribution < 1.29 is 9.18 Å². The van der Waals surface area contributed by atoms with Crippen LogP contribution in [0.25, 0.3) is 0 Å². The number of hydrogen-bond donors (Lipinski definition) is 1. The predicted molar refractivity (Wildman–Crippen MR) is 69.6 cm³/mol. The summed E-state index contributed by atoms with van der Waals surface area (Å²) in [6, 6.07) is 7.12. The third-order valence-corrected chi connectivity index (χ3v) is 2.79. The second kappa shape index (κ2) is 5.95. The average molecular weight is 300 g/mol. The number of nitrogens with one attached hydrogen (secondary N) is 1. The molecule has 0 atom stereocenters. The van der Waals surface area contributed by atoms with Crippen LogP contribution in [0, 0.1) is 5.82 Å². The Morgan fingerprint density at radius 1 is 1.21 bits per heavy atom. The molecule has 1 aromatic carbocycles. The van der Waals surface area contributed by atoms with Gasteiger partial charge in [0.05, 0.1) is 5.56 Å². The number of nitrogens with zero attached hydrogens (tertiary/aromatic N) is 2. The van der Waals surface area contributed by atoms with Gasteiger partial charge in [0.1, 0.15) is 5.82 Å². The lowest BCUT2D eigenvalue weighted by Crippen LogP contribution is -2.23. The third kappa shape index (κ3) is 3.62. The minimum Gasteiger partial charge on any atom is -0.348 e. The van der Waals surface area contributed by atoms with Crippen molar-refractivity contribution in [3.63, 3.8) is 0 Å². The second-order valence-electron chi connectivity index (χ2n) is 3.68. The monoisotopic (exact) mass is 299 g/mol. The predicted octanol–water partition coefficient (Wildman–Crippen LogP) is 2.85. The SMILES string of the molecule is O=C(NCc1ccc(F)cc1)c1cc(Cl)nnc1Cl. The number of amides is 1. The van der Waals surface area contributed by atoms with Crippen LogP contribution in [0.3, 0.4) is 0 Å². The molecule has 7 heteroatoms. The van der Waals surface area contributed by atoms with Crippen molar-refractivity contribution >= 4 is 29.1 Å². The van der Waals surface area contributed by atoms with Gasteiger partial charge in [0.25, 0.3) is 5.91 Å². The van der Waals surface area contributed by atoms with Crippen LogP contribution >= 0.6 is 23.2 Å². The Balaban J connectivity index is 2.05. The molecule has 1 aromatic heterocycles. The highest BCUT2D eigenvalue weighted by molar-refractivity contribution is 6.34. The zero-order valence-corrected chi connectivity index (χ0v) is 11.0. The number of carbonyl (C=O) groups is 1. The number of rotatable bonds is 3. The van der Waals surface area contributed by atoms with Crippen LogP contribution in [0.15, 0.2) is 30.3 Å². The van der Waals surface area contributed by atoms with E-state index in [0.29, 0.717) is 0 Å². The number of carbonyl (C=O) groups excluding carboxylic acids is 1. The summed E-state index contributed by atoms with van der Waals surface area (Å²) in [7, 11) is 0. The number of aromatic nitrogens is 2. The van der Waals surface area contributed by atoms with E-state index in [-0.39, 0.29) is 28.2 Å². The minimum absolute atomic E-state index is 0.0268. The van der Waals surface area contributed by atoms with Crippen LogP contribution in [0.4, 0.5) is 4.39 Å². The fourth-order valence-corrected chi connectivity index (χ4v) is 1.72. The summed E-state index contributed by atoms with van der Waals surface area (Å²) in [6.07, 6.45) is 0. The summed E-state index contributed by atoms with van der Waals surface area (Å²) in [5.41, 5.74) is 0.905. The highest BCUT2D eigenvalue weighted by atomic mass is 35.5. The molecular formula is C12H8Cl2FN3O. The number of halogens is 3. The van der Waals surface area contributed by atoms with Crippen molar-refractivity contribution in [2.45, 2.75) is 6.54 Å². The molecule has 1 amide bonds. The van der Waals surface area contributed by atoms with Gasteiger partial charge in [0, 0.05) is 6.54 Å². The van der Waals surface area contributed by atoms with Crippen molar-refractivity contribution in [3.05, 3.63) is 57.6 Å². The molecule has 0 aliphatic carbocycles. The molecule has 2 rings (SSSR count). The van der Waals surface area contributed by atoms with E-state index in [2.05, 4.69) is 15.5 Å². The molecular weight excluding hydrogens is 292 g/mol. The number of hydrogen-bond acceptors (Lipinski definition) is 3. The van der Waals surface area contributed by atoms with Crippen molar-refractivity contribution in [1.82, 2.24) is 15.5 Å². The van der Waals surface area contributed by atoms with Crippen LogP contribution in [0.5, 0.6) is 0 Å². The molecule has 0 radical (unpaired) electrons. The summed E-state index contributed by atoms with van der Waals surface area (Å²) in [5.74, 6) is -0.755. The first kappa shape index (κ1) is 13.7. The van der Waals surface area contributed by atoms with Crippen molar-refractivity contribution in [2.75, 3.05) is 0 Å². The van der Waals surface area contributed by atoms with Gasteiger partial charge in [0.2, 0.25) is 0 Å². The minimum atomic E-state index is -0.425. The summed E-state index contributed by atoms with van der Waals surface area (Å²) in [5, 5.41) is 9.73. The average Bonchev–Trinajstić information content (AvgIpc) is 2.40. The van der Waals surface area contributed by atoms with Gasteiger partial charge in [-0.2, -0.15) is 0 Å². The molecule has 1 heterocycles. The highest BCUT2D eigenvalue weighted by Gasteiger charge is 2.12. The van der Waals surface area contributed by atoms with Crippen molar-refractivity contribution in [1.29, 1.82) is 0 Å². The lowest BCUT2D eigenvalue weighted by Gasteiger charge is -2.06. The molecule has 0 bridgehead atoms. The van der Waals surface area contributed by atoms with Crippen LogP contribution in [-0.2, 0) is 6.54 Å². The summed E-state index contributed by atoms with van der Waals surface area (Å²) >= 11 is 11.4. The Bertz CT molecular complexity index is 604. The molecule has 0 unspecified atom stereocenters. The van der Waals surface area contributed by atoms with Crippen molar-refractivity contribution in [3.8, 4) is 0 Å². The van der Waals surface area contributed by atoms with Gasteiger partial charge in [-0.15, -0.1) is 10.2 Å². The van der Waals surface area contributed by atoms with E-state index in [1.54, 1.807) is 12.1 Å². The first-order valence-corrected chi connectivity index (χ1v) is 6.03. The molecule has 0 aliphatic heterocycles. The van der Waals surface area contributed by atoms with E-state index in [1.807, 2.05) is 0 Å². The topological polar surface area (TPSA) is 54.9 Å². The fraction of sp³-hybridized carbons (Fsp3) is 0.0833. The molecule has 0 aliphatic rings. The quantitative estimate of drug-likeness (QED) is 0.948. The Kier molecular flexibility index (Phi) is 4.29. The van der Waals surface area contributed by atoms with E-state index in [0.717, 1.165) is 5.56 Å². The fourth-order valence-electron chi connectivity index (χ4n) is 1.39. The first-order chi connectivity index (χ1) is 9.06. The summed E-state index contributed by atoms with van der Waals surface area (Å²) < 4.78 is 12.7. The molecule has 0 saturated carbocycles. The van der Waals surface area contributed by atoms with Gasteiger partial charge in [-0.3, -0.25) is 4.79 Å². The molecule has 98 valence electrons. The van der Waals surface area contributed by atoms with E-state index in [4.69, 9.17) is 23.2 Å². The smallest absolute Gasteiger partial charge is 0.254 e. The van der Waals surface area contributed by atoms with E-state index in [1.165, 1.54) is 18.2 Å². The molecule has 2 aromatic rings. The molecule has 19 heavy (non-hydrogen) atoms. The zero-order valence-electron chi connectivity index (χ0n) is 9.53. The van der Waals surface area contributed by atoms with Gasteiger partial charge in [-0.05, 0) is 23.8 Å². The van der Waals surface area contributed by atoms with Crippen LogP contribution in [0.2, 0.25) is 10.3 Å². The van der Waals surface area contributed by atoms with Crippen LogP contribution in [0.1, 0.15) is 15.9 Å². The van der Waals surface area contributed by atoms with E-state index >= 15 is 0 Å². The van der Waals surface area contributed by atoms with Gasteiger partial charge >= 0.3 is 0 Å². The lowest BCUT2D eigenvalue weighted by atomic mass is 10.2. The normalized spacial score (nSPS) is 10.3. The Hall–Kier alpha value is -1.72. The Morgan fingerprint density at radius 3 is 2.58 bits per heavy atom. The standard InChI is InChI=1S/C12H8Cl2FN3O/c13-10-5-9(11(14)18-17-10)12(19)16-6-7-1-3-8(15)4-2-7/h1-5H,6H2,(H,16,19). The molecule has 0 saturated heterocycles.